The molecule has 2 N–H and O–H groups in total. The summed E-state index contributed by atoms with van der Waals surface area (Å²) >= 11 is 1.72. The van der Waals surface area contributed by atoms with Gasteiger partial charge in [-0.25, -0.2) is 4.99 Å². The van der Waals surface area contributed by atoms with Gasteiger partial charge in [0.25, 0.3) is 0 Å². The molecule has 0 radical (unpaired) electrons. The van der Waals surface area contributed by atoms with Crippen molar-refractivity contribution in [2.24, 2.45) is 10.9 Å². The van der Waals surface area contributed by atoms with E-state index in [0.29, 0.717) is 31.5 Å². The lowest BCUT2D eigenvalue weighted by Crippen LogP contribution is -2.42. The van der Waals surface area contributed by atoms with Crippen LogP contribution in [0.1, 0.15) is 19.3 Å². The first kappa shape index (κ1) is 27.6. The first-order valence-corrected chi connectivity index (χ1v) is 10.6. The SMILES string of the molecule is CSCCNC(=NCC(=O)N(C)C)NCCC1CCN(CC(F)(F)F)CC1.I. The van der Waals surface area contributed by atoms with Crippen LogP contribution in [-0.4, -0.2) is 93.2 Å². The molecule has 1 fully saturated rings. The van der Waals surface area contributed by atoms with Crippen LogP contribution in [0.5, 0.6) is 0 Å². The smallest absolute Gasteiger partial charge is 0.356 e. The Morgan fingerprint density at radius 2 is 1.82 bits per heavy atom. The van der Waals surface area contributed by atoms with Gasteiger partial charge >= 0.3 is 6.18 Å². The Kier molecular flexibility index (Phi) is 14.3. The lowest BCUT2D eigenvalue weighted by Gasteiger charge is -2.32. The fraction of sp³-hybridized carbons (Fsp3) is 0.882. The number of guanidine groups is 1. The maximum atomic E-state index is 12.4. The van der Waals surface area contributed by atoms with Gasteiger partial charge in [0.05, 0.1) is 6.54 Å². The van der Waals surface area contributed by atoms with Crippen LogP contribution in [0.4, 0.5) is 13.2 Å². The second kappa shape index (κ2) is 14.5. The molecule has 0 spiro atoms. The van der Waals surface area contributed by atoms with Crippen molar-refractivity contribution in [2.75, 3.05) is 65.4 Å². The zero-order valence-electron chi connectivity index (χ0n) is 16.8. The standard InChI is InChI=1S/C17H32F3N5OS.HI/c1-24(2)15(26)12-23-16(22-8-11-27-3)21-7-4-14-5-9-25(10-6-14)13-17(18,19)20;/h14H,4-13H2,1-3H3,(H2,21,22,23);1H. The molecule has 1 aliphatic rings. The first-order chi connectivity index (χ1) is 12.7. The largest absolute Gasteiger partial charge is 0.401 e. The van der Waals surface area contributed by atoms with Crippen molar-refractivity contribution in [1.29, 1.82) is 0 Å². The van der Waals surface area contributed by atoms with Crippen LogP contribution < -0.4 is 10.6 Å². The second-order valence-corrected chi connectivity index (χ2v) is 7.91. The van der Waals surface area contributed by atoms with Crippen LogP contribution in [0.3, 0.4) is 0 Å². The van der Waals surface area contributed by atoms with Crippen molar-refractivity contribution >= 4 is 47.6 Å². The third kappa shape index (κ3) is 12.9. The fourth-order valence-electron chi connectivity index (χ4n) is 2.82. The summed E-state index contributed by atoms with van der Waals surface area (Å²) in [6.45, 7) is 1.69. The monoisotopic (exact) mass is 539 g/mol. The van der Waals surface area contributed by atoms with Gasteiger partial charge in [-0.2, -0.15) is 24.9 Å². The van der Waals surface area contributed by atoms with Gasteiger partial charge in [-0.05, 0) is 44.5 Å². The predicted molar refractivity (Wildman–Crippen MR) is 121 cm³/mol. The average Bonchev–Trinajstić information content (AvgIpc) is 2.59. The van der Waals surface area contributed by atoms with Gasteiger partial charge in [-0.15, -0.1) is 24.0 Å². The number of nitrogens with zero attached hydrogens (tertiary/aromatic N) is 3. The number of carbonyl (C=O) groups excluding carboxylic acids is 1. The van der Waals surface area contributed by atoms with Gasteiger partial charge in [0.2, 0.25) is 5.91 Å². The van der Waals surface area contributed by atoms with E-state index in [0.717, 1.165) is 31.6 Å². The number of halogens is 4. The summed E-state index contributed by atoms with van der Waals surface area (Å²) in [5, 5.41) is 6.43. The van der Waals surface area contributed by atoms with E-state index in [2.05, 4.69) is 15.6 Å². The minimum absolute atomic E-state index is 0. The molecule has 0 atom stereocenters. The zero-order chi connectivity index (χ0) is 20.3. The van der Waals surface area contributed by atoms with E-state index in [1.807, 2.05) is 6.26 Å². The van der Waals surface area contributed by atoms with E-state index in [-0.39, 0.29) is 36.4 Å². The summed E-state index contributed by atoms with van der Waals surface area (Å²) in [7, 11) is 3.38. The number of amides is 1. The third-order valence-electron chi connectivity index (χ3n) is 4.42. The number of nitrogens with one attached hydrogen (secondary N) is 2. The average molecular weight is 539 g/mol. The molecule has 0 aromatic carbocycles. The van der Waals surface area contributed by atoms with E-state index in [4.69, 9.17) is 0 Å². The highest BCUT2D eigenvalue weighted by molar-refractivity contribution is 14.0. The predicted octanol–water partition coefficient (Wildman–Crippen LogP) is 2.26. The molecule has 0 bridgehead atoms. The molecule has 28 heavy (non-hydrogen) atoms. The minimum Gasteiger partial charge on any atom is -0.356 e. The number of likely N-dealkylation sites (tertiary alicyclic amines) is 1. The van der Waals surface area contributed by atoms with E-state index in [1.165, 1.54) is 9.80 Å². The highest BCUT2D eigenvalue weighted by Crippen LogP contribution is 2.23. The molecule has 0 aromatic rings. The van der Waals surface area contributed by atoms with Crippen molar-refractivity contribution in [3.05, 3.63) is 0 Å². The fourth-order valence-corrected chi connectivity index (χ4v) is 3.12. The second-order valence-electron chi connectivity index (χ2n) is 6.92. The number of likely N-dealkylation sites (N-methyl/N-ethyl adjacent to an activating group) is 1. The van der Waals surface area contributed by atoms with Gasteiger partial charge in [-0.1, -0.05) is 0 Å². The third-order valence-corrected chi connectivity index (χ3v) is 5.04. The van der Waals surface area contributed by atoms with E-state index in [9.17, 15) is 18.0 Å². The lowest BCUT2D eigenvalue weighted by molar-refractivity contribution is -0.148. The van der Waals surface area contributed by atoms with Crippen LogP contribution >= 0.6 is 35.7 Å². The minimum atomic E-state index is -4.12. The summed E-state index contributed by atoms with van der Waals surface area (Å²) in [6, 6.07) is 0. The lowest BCUT2D eigenvalue weighted by atomic mass is 9.93. The quantitative estimate of drug-likeness (QED) is 0.204. The van der Waals surface area contributed by atoms with E-state index < -0.39 is 12.7 Å². The zero-order valence-corrected chi connectivity index (χ0v) is 20.0. The molecular weight excluding hydrogens is 506 g/mol. The number of rotatable bonds is 9. The maximum Gasteiger partial charge on any atom is 0.401 e. The number of carbonyl (C=O) groups is 1. The Balaban J connectivity index is 0.00000729. The molecule has 11 heteroatoms. The van der Waals surface area contributed by atoms with Crippen molar-refractivity contribution in [3.63, 3.8) is 0 Å². The van der Waals surface area contributed by atoms with E-state index >= 15 is 0 Å². The molecule has 1 amide bonds. The number of thioether (sulfide) groups is 1. The van der Waals surface area contributed by atoms with Crippen LogP contribution in [0.2, 0.25) is 0 Å². The summed E-state index contributed by atoms with van der Waals surface area (Å²) in [5.41, 5.74) is 0. The Bertz CT molecular complexity index is 472. The van der Waals surface area contributed by atoms with Gasteiger partial charge in [-0.3, -0.25) is 9.69 Å². The van der Waals surface area contributed by atoms with Crippen LogP contribution in [0.25, 0.3) is 0 Å². The highest BCUT2D eigenvalue weighted by Gasteiger charge is 2.32. The number of aliphatic imine (C=N–C) groups is 1. The van der Waals surface area contributed by atoms with Crippen LogP contribution in [0.15, 0.2) is 4.99 Å². The molecule has 166 valence electrons. The summed E-state index contributed by atoms with van der Waals surface area (Å²) < 4.78 is 37.3. The Morgan fingerprint density at radius 3 is 2.36 bits per heavy atom. The van der Waals surface area contributed by atoms with Crippen molar-refractivity contribution < 1.29 is 18.0 Å². The molecular formula is C17H33F3IN5OS. The summed E-state index contributed by atoms with van der Waals surface area (Å²) in [6.07, 6.45) is 0.343. The van der Waals surface area contributed by atoms with Crippen LogP contribution in [-0.2, 0) is 4.79 Å². The van der Waals surface area contributed by atoms with Crippen molar-refractivity contribution in [1.82, 2.24) is 20.4 Å². The number of hydrogen-bond donors (Lipinski definition) is 2. The maximum absolute atomic E-state index is 12.4. The summed E-state index contributed by atoms with van der Waals surface area (Å²) in [4.78, 5) is 19.0. The van der Waals surface area contributed by atoms with E-state index in [1.54, 1.807) is 25.9 Å². The molecule has 1 saturated heterocycles. The number of hydrogen-bond acceptors (Lipinski definition) is 4. The first-order valence-electron chi connectivity index (χ1n) is 9.21. The summed E-state index contributed by atoms with van der Waals surface area (Å²) in [5.74, 6) is 1.88. The molecule has 1 aliphatic heterocycles. The van der Waals surface area contributed by atoms with Gasteiger partial charge < -0.3 is 15.5 Å². The van der Waals surface area contributed by atoms with Crippen molar-refractivity contribution in [3.8, 4) is 0 Å². The highest BCUT2D eigenvalue weighted by atomic mass is 127. The number of alkyl halides is 3. The molecule has 0 unspecified atom stereocenters. The molecule has 1 rings (SSSR count). The van der Waals surface area contributed by atoms with Crippen LogP contribution in [0, 0.1) is 5.92 Å². The number of piperidine rings is 1. The van der Waals surface area contributed by atoms with Gasteiger partial charge in [0.1, 0.15) is 6.54 Å². The molecule has 6 nitrogen and oxygen atoms in total. The topological polar surface area (TPSA) is 60.0 Å². The van der Waals surface area contributed by atoms with Crippen molar-refractivity contribution in [2.45, 2.75) is 25.4 Å². The Labute approximate surface area is 187 Å². The van der Waals surface area contributed by atoms with Gasteiger partial charge in [0.15, 0.2) is 5.96 Å². The molecule has 0 saturated carbocycles. The molecule has 1 heterocycles. The Morgan fingerprint density at radius 1 is 1.21 bits per heavy atom. The van der Waals surface area contributed by atoms with Gasteiger partial charge in [0, 0.05) is 32.9 Å². The molecule has 0 aliphatic carbocycles. The Hall–Kier alpha value is -0.430. The molecule has 0 aromatic heterocycles. The normalized spacial score (nSPS) is 16.4.